The van der Waals surface area contributed by atoms with Crippen LogP contribution in [0.25, 0.3) is 0 Å². The molecule has 0 aliphatic heterocycles. The molecule has 3 N–H and O–H groups in total. The largest absolute Gasteiger partial charge is 0.478 e. The maximum absolute atomic E-state index is 10.9. The third-order valence-electron chi connectivity index (χ3n) is 2.12. The van der Waals surface area contributed by atoms with Gasteiger partial charge in [-0.2, -0.15) is 12.6 Å². The zero-order chi connectivity index (χ0) is 12.3. The predicted molar refractivity (Wildman–Crippen MR) is 63.2 cm³/mol. The SMILES string of the molecule is O=C(O)c1cc(Cl)ccc1C(O)C(O)CS. The second kappa shape index (κ2) is 5.54. The van der Waals surface area contributed by atoms with Gasteiger partial charge in [-0.1, -0.05) is 17.7 Å². The Morgan fingerprint density at radius 1 is 1.44 bits per heavy atom. The number of rotatable bonds is 4. The monoisotopic (exact) mass is 262 g/mol. The molecule has 88 valence electrons. The topological polar surface area (TPSA) is 77.8 Å². The second-order valence-corrected chi connectivity index (χ2v) is 4.03. The van der Waals surface area contributed by atoms with E-state index in [1.54, 1.807) is 0 Å². The molecule has 1 aromatic carbocycles. The van der Waals surface area contributed by atoms with Gasteiger partial charge in [0.1, 0.15) is 6.10 Å². The number of aliphatic hydroxyl groups excluding tert-OH is 2. The summed E-state index contributed by atoms with van der Waals surface area (Å²) in [6.45, 7) is 0. The van der Waals surface area contributed by atoms with Crippen molar-refractivity contribution in [3.05, 3.63) is 34.3 Å². The van der Waals surface area contributed by atoms with Crippen LogP contribution in [0.3, 0.4) is 0 Å². The summed E-state index contributed by atoms with van der Waals surface area (Å²) in [7, 11) is 0. The predicted octanol–water partition coefficient (Wildman–Crippen LogP) is 1.36. The molecule has 0 bridgehead atoms. The average Bonchev–Trinajstić information content (AvgIpc) is 2.26. The first kappa shape index (κ1) is 13.3. The Balaban J connectivity index is 3.17. The van der Waals surface area contributed by atoms with Crippen molar-refractivity contribution in [1.29, 1.82) is 0 Å². The Morgan fingerprint density at radius 3 is 2.56 bits per heavy atom. The first-order valence-corrected chi connectivity index (χ1v) is 5.48. The number of hydrogen-bond donors (Lipinski definition) is 4. The van der Waals surface area contributed by atoms with Crippen molar-refractivity contribution in [3.63, 3.8) is 0 Å². The molecule has 0 fully saturated rings. The number of thiol groups is 1. The van der Waals surface area contributed by atoms with Gasteiger partial charge in [-0.05, 0) is 17.7 Å². The molecule has 6 heteroatoms. The first-order chi connectivity index (χ1) is 7.47. The highest BCUT2D eigenvalue weighted by Gasteiger charge is 2.22. The molecule has 0 heterocycles. The maximum atomic E-state index is 10.9. The molecular formula is C10H11ClO4S. The van der Waals surface area contributed by atoms with Crippen LogP contribution < -0.4 is 0 Å². The van der Waals surface area contributed by atoms with E-state index in [0.717, 1.165) is 0 Å². The van der Waals surface area contributed by atoms with Crippen molar-refractivity contribution in [2.45, 2.75) is 12.2 Å². The fourth-order valence-electron chi connectivity index (χ4n) is 1.28. The van der Waals surface area contributed by atoms with E-state index in [4.69, 9.17) is 16.7 Å². The lowest BCUT2D eigenvalue weighted by Gasteiger charge is -2.18. The fourth-order valence-corrected chi connectivity index (χ4v) is 1.65. The number of carboxylic acid groups (broad SMARTS) is 1. The quantitative estimate of drug-likeness (QED) is 0.618. The molecule has 0 radical (unpaired) electrons. The van der Waals surface area contributed by atoms with E-state index in [1.165, 1.54) is 18.2 Å². The molecule has 0 amide bonds. The molecule has 16 heavy (non-hydrogen) atoms. The van der Waals surface area contributed by atoms with Crippen LogP contribution in [-0.2, 0) is 0 Å². The molecule has 1 aromatic rings. The number of aromatic carboxylic acids is 1. The summed E-state index contributed by atoms with van der Waals surface area (Å²) in [6.07, 6.45) is -2.41. The Labute approximate surface area is 103 Å². The number of aliphatic hydroxyl groups is 2. The number of halogens is 1. The van der Waals surface area contributed by atoms with E-state index in [9.17, 15) is 15.0 Å². The fraction of sp³-hybridized carbons (Fsp3) is 0.300. The summed E-state index contributed by atoms with van der Waals surface area (Å²) in [5.74, 6) is -1.18. The summed E-state index contributed by atoms with van der Waals surface area (Å²) in [5.41, 5.74) is -0.000664. The van der Waals surface area contributed by atoms with Crippen molar-refractivity contribution in [2.24, 2.45) is 0 Å². The molecule has 0 aliphatic carbocycles. The normalized spacial score (nSPS) is 14.5. The van der Waals surface area contributed by atoms with Gasteiger partial charge in [-0.15, -0.1) is 0 Å². The Kier molecular flexibility index (Phi) is 4.61. The van der Waals surface area contributed by atoms with E-state index in [1.807, 2.05) is 0 Å². The van der Waals surface area contributed by atoms with Gasteiger partial charge < -0.3 is 15.3 Å². The standard InChI is InChI=1S/C10H11ClO4S/c11-5-1-2-6(7(3-5)10(14)15)9(13)8(12)4-16/h1-3,8-9,12-13,16H,4H2,(H,14,15). The number of hydrogen-bond acceptors (Lipinski definition) is 4. The van der Waals surface area contributed by atoms with Crippen molar-refractivity contribution < 1.29 is 20.1 Å². The van der Waals surface area contributed by atoms with Gasteiger partial charge in [0.25, 0.3) is 0 Å². The molecule has 1 rings (SSSR count). The minimum absolute atomic E-state index is 0.0306. The summed E-state index contributed by atoms with van der Waals surface area (Å²) in [4.78, 5) is 10.9. The summed E-state index contributed by atoms with van der Waals surface area (Å²) < 4.78 is 0. The summed E-state index contributed by atoms with van der Waals surface area (Å²) in [5, 5.41) is 28.3. The maximum Gasteiger partial charge on any atom is 0.336 e. The Hall–Kier alpha value is -0.750. The molecule has 4 nitrogen and oxygen atoms in total. The highest BCUT2D eigenvalue weighted by Crippen LogP contribution is 2.24. The minimum atomic E-state index is -1.29. The van der Waals surface area contributed by atoms with Gasteiger partial charge in [-0.25, -0.2) is 4.79 Å². The van der Waals surface area contributed by atoms with Crippen LogP contribution in [0.4, 0.5) is 0 Å². The van der Waals surface area contributed by atoms with E-state index < -0.39 is 18.2 Å². The van der Waals surface area contributed by atoms with Crippen molar-refractivity contribution in [2.75, 3.05) is 5.75 Å². The molecule has 2 unspecified atom stereocenters. The van der Waals surface area contributed by atoms with Crippen molar-refractivity contribution >= 4 is 30.2 Å². The lowest BCUT2D eigenvalue weighted by molar-refractivity contribution is 0.0323. The Morgan fingerprint density at radius 2 is 2.06 bits per heavy atom. The smallest absolute Gasteiger partial charge is 0.336 e. The number of benzene rings is 1. The van der Waals surface area contributed by atoms with Gasteiger partial charge in [0, 0.05) is 10.8 Å². The highest BCUT2D eigenvalue weighted by atomic mass is 35.5. The zero-order valence-corrected chi connectivity index (χ0v) is 9.82. The van der Waals surface area contributed by atoms with Gasteiger partial charge in [0.15, 0.2) is 0 Å². The Bertz CT molecular complexity index is 396. The first-order valence-electron chi connectivity index (χ1n) is 4.47. The molecule has 0 aliphatic rings. The average molecular weight is 263 g/mol. The third kappa shape index (κ3) is 2.89. The molecular weight excluding hydrogens is 252 g/mol. The van der Waals surface area contributed by atoms with Gasteiger partial charge in [0.05, 0.1) is 11.7 Å². The molecule has 0 saturated carbocycles. The van der Waals surface area contributed by atoms with Crippen molar-refractivity contribution in [1.82, 2.24) is 0 Å². The van der Waals surface area contributed by atoms with E-state index in [-0.39, 0.29) is 21.9 Å². The number of carboxylic acids is 1. The van der Waals surface area contributed by atoms with E-state index in [0.29, 0.717) is 0 Å². The van der Waals surface area contributed by atoms with Crippen molar-refractivity contribution in [3.8, 4) is 0 Å². The van der Waals surface area contributed by atoms with Crippen LogP contribution in [0.15, 0.2) is 18.2 Å². The van der Waals surface area contributed by atoms with Crippen LogP contribution in [-0.4, -0.2) is 33.1 Å². The molecule has 0 saturated heterocycles. The second-order valence-electron chi connectivity index (χ2n) is 3.23. The van der Waals surface area contributed by atoms with Gasteiger partial charge in [-0.3, -0.25) is 0 Å². The summed E-state index contributed by atoms with van der Waals surface area (Å²) >= 11 is 9.48. The van der Waals surface area contributed by atoms with Crippen LogP contribution in [0.1, 0.15) is 22.0 Å². The van der Waals surface area contributed by atoms with Crippen LogP contribution in [0, 0.1) is 0 Å². The van der Waals surface area contributed by atoms with Crippen LogP contribution in [0.5, 0.6) is 0 Å². The van der Waals surface area contributed by atoms with Gasteiger partial charge in [0.2, 0.25) is 0 Å². The van der Waals surface area contributed by atoms with Gasteiger partial charge >= 0.3 is 5.97 Å². The summed E-state index contributed by atoms with van der Waals surface area (Å²) in [6, 6.07) is 4.06. The van der Waals surface area contributed by atoms with Crippen LogP contribution >= 0.6 is 24.2 Å². The molecule has 2 atom stereocenters. The van der Waals surface area contributed by atoms with Crippen LogP contribution in [0.2, 0.25) is 5.02 Å². The van der Waals surface area contributed by atoms with E-state index in [2.05, 4.69) is 12.6 Å². The molecule has 0 aromatic heterocycles. The third-order valence-corrected chi connectivity index (χ3v) is 2.73. The van der Waals surface area contributed by atoms with E-state index >= 15 is 0 Å². The number of carbonyl (C=O) groups is 1. The molecule has 0 spiro atoms. The lowest BCUT2D eigenvalue weighted by Crippen LogP contribution is -2.22. The minimum Gasteiger partial charge on any atom is -0.478 e. The lowest BCUT2D eigenvalue weighted by atomic mass is 9.99. The zero-order valence-electron chi connectivity index (χ0n) is 8.17. The highest BCUT2D eigenvalue weighted by molar-refractivity contribution is 7.80.